The van der Waals surface area contributed by atoms with Crippen LogP contribution in [-0.2, 0) is 16.1 Å². The molecule has 2 heterocycles. The van der Waals surface area contributed by atoms with Gasteiger partial charge in [-0.05, 0) is 42.5 Å². The van der Waals surface area contributed by atoms with E-state index < -0.39 is 5.91 Å². The van der Waals surface area contributed by atoms with E-state index in [0.29, 0.717) is 24.7 Å². The van der Waals surface area contributed by atoms with Gasteiger partial charge < -0.3 is 24.6 Å². The molecule has 10 heteroatoms. The van der Waals surface area contributed by atoms with E-state index in [9.17, 15) is 14.4 Å². The highest BCUT2D eigenvalue weighted by Crippen LogP contribution is 2.19. The van der Waals surface area contributed by atoms with E-state index in [1.165, 1.54) is 28.8 Å². The van der Waals surface area contributed by atoms with Crippen molar-refractivity contribution in [3.8, 4) is 5.75 Å². The molecule has 1 fully saturated rings. The number of likely N-dealkylation sites (N-methyl/N-ethyl adjacent to an activating group) is 1. The summed E-state index contributed by atoms with van der Waals surface area (Å²) in [6, 6.07) is 19.4. The van der Waals surface area contributed by atoms with Crippen LogP contribution in [0.25, 0.3) is 0 Å². The first kappa shape index (κ1) is 24.9. The molecule has 188 valence electrons. The van der Waals surface area contributed by atoms with Gasteiger partial charge in [0.05, 0.1) is 26.3 Å². The molecule has 3 aromatic rings. The van der Waals surface area contributed by atoms with Crippen molar-refractivity contribution in [3.63, 3.8) is 0 Å². The van der Waals surface area contributed by atoms with Crippen LogP contribution >= 0.6 is 0 Å². The number of carbonyl (C=O) groups excluding carboxylic acids is 2. The Labute approximate surface area is 209 Å². The van der Waals surface area contributed by atoms with Crippen LogP contribution in [0.4, 0.5) is 11.4 Å². The van der Waals surface area contributed by atoms with Gasteiger partial charge in [-0.15, -0.1) is 0 Å². The Balaban J connectivity index is 1.30. The van der Waals surface area contributed by atoms with E-state index in [0.717, 1.165) is 18.8 Å². The smallest absolute Gasteiger partial charge is 0.274 e. The van der Waals surface area contributed by atoms with Crippen molar-refractivity contribution < 1.29 is 19.1 Å². The summed E-state index contributed by atoms with van der Waals surface area (Å²) in [5.41, 5.74) is 1.44. The quantitative estimate of drug-likeness (QED) is 0.487. The van der Waals surface area contributed by atoms with Gasteiger partial charge in [-0.3, -0.25) is 14.4 Å². The van der Waals surface area contributed by atoms with Gasteiger partial charge in [0.1, 0.15) is 18.1 Å². The van der Waals surface area contributed by atoms with Crippen LogP contribution in [0.1, 0.15) is 10.5 Å². The number of ether oxygens (including phenoxy) is 2. The fourth-order valence-corrected chi connectivity index (χ4v) is 3.75. The summed E-state index contributed by atoms with van der Waals surface area (Å²) < 4.78 is 12.2. The summed E-state index contributed by atoms with van der Waals surface area (Å²) in [7, 11) is 1.51. The fraction of sp³-hybridized carbons (Fsp3) is 0.308. The number of amides is 2. The van der Waals surface area contributed by atoms with E-state index in [1.807, 2.05) is 54.6 Å². The van der Waals surface area contributed by atoms with Crippen molar-refractivity contribution in [1.82, 2.24) is 14.7 Å². The number of rotatable bonds is 9. The first-order valence-electron chi connectivity index (χ1n) is 11.7. The lowest BCUT2D eigenvalue weighted by molar-refractivity contribution is -0.116. The van der Waals surface area contributed by atoms with Crippen LogP contribution in [0.15, 0.2) is 71.5 Å². The number of hydrogen-bond donors (Lipinski definition) is 1. The Kier molecular flexibility index (Phi) is 8.30. The maximum Gasteiger partial charge on any atom is 0.274 e. The molecular weight excluding hydrogens is 462 g/mol. The zero-order valence-electron chi connectivity index (χ0n) is 20.1. The molecule has 1 N–H and O–H groups in total. The Hall–Kier alpha value is -4.18. The number of para-hydroxylation sites is 1. The Bertz CT molecular complexity index is 1220. The summed E-state index contributed by atoms with van der Waals surface area (Å²) in [6.45, 7) is 3.30. The Morgan fingerprint density at radius 2 is 1.75 bits per heavy atom. The number of anilines is 2. The van der Waals surface area contributed by atoms with Gasteiger partial charge in [0.25, 0.3) is 11.5 Å². The second kappa shape index (κ2) is 12.0. The minimum atomic E-state index is -0.467. The third-order valence-electron chi connectivity index (χ3n) is 5.66. The molecule has 36 heavy (non-hydrogen) atoms. The van der Waals surface area contributed by atoms with Crippen LogP contribution in [-0.4, -0.2) is 73.0 Å². The molecule has 0 atom stereocenters. The molecule has 10 nitrogen and oxygen atoms in total. The van der Waals surface area contributed by atoms with E-state index in [1.54, 1.807) is 0 Å². The average molecular weight is 492 g/mol. The molecule has 0 unspecified atom stereocenters. The number of benzene rings is 2. The third-order valence-corrected chi connectivity index (χ3v) is 5.66. The van der Waals surface area contributed by atoms with Crippen LogP contribution in [0.2, 0.25) is 0 Å². The molecule has 0 bridgehead atoms. The largest absolute Gasteiger partial charge is 0.492 e. The van der Waals surface area contributed by atoms with Gasteiger partial charge in [-0.2, -0.15) is 5.10 Å². The standard InChI is InChI=1S/C26H29N5O5/c1-29(19-24(32)27-20-7-9-21(10-8-20)30-13-16-35-17-14-30)26(34)23-11-12-25(33)31(28-23)15-18-36-22-5-3-2-4-6-22/h2-12H,13-19H2,1H3,(H,27,32). The molecular formula is C26H29N5O5. The van der Waals surface area contributed by atoms with E-state index in [-0.39, 0.29) is 36.9 Å². The number of morpholine rings is 1. The summed E-state index contributed by atoms with van der Waals surface area (Å²) >= 11 is 0. The molecule has 2 aromatic carbocycles. The first-order chi connectivity index (χ1) is 17.5. The highest BCUT2D eigenvalue weighted by molar-refractivity contribution is 5.98. The molecule has 1 saturated heterocycles. The number of nitrogens with one attached hydrogen (secondary N) is 1. The summed E-state index contributed by atoms with van der Waals surface area (Å²) in [6.07, 6.45) is 0. The fourth-order valence-electron chi connectivity index (χ4n) is 3.75. The maximum absolute atomic E-state index is 12.8. The zero-order chi connectivity index (χ0) is 25.3. The highest BCUT2D eigenvalue weighted by atomic mass is 16.5. The van der Waals surface area contributed by atoms with Gasteiger partial charge in [-0.25, -0.2) is 4.68 Å². The van der Waals surface area contributed by atoms with Crippen LogP contribution < -0.4 is 20.5 Å². The monoisotopic (exact) mass is 491 g/mol. The van der Waals surface area contributed by atoms with Crippen LogP contribution in [0.3, 0.4) is 0 Å². The minimum Gasteiger partial charge on any atom is -0.492 e. The van der Waals surface area contributed by atoms with Crippen molar-refractivity contribution >= 4 is 23.2 Å². The maximum atomic E-state index is 12.8. The van der Waals surface area contributed by atoms with Crippen molar-refractivity contribution in [1.29, 1.82) is 0 Å². The lowest BCUT2D eigenvalue weighted by Gasteiger charge is -2.28. The SMILES string of the molecule is CN(CC(=O)Nc1ccc(N2CCOCC2)cc1)C(=O)c1ccc(=O)n(CCOc2ccccc2)n1. The molecule has 1 aromatic heterocycles. The van der Waals surface area contributed by atoms with Crippen molar-refractivity contribution in [3.05, 3.63) is 82.8 Å². The van der Waals surface area contributed by atoms with Crippen molar-refractivity contribution in [2.75, 3.05) is 56.7 Å². The summed E-state index contributed by atoms with van der Waals surface area (Å²) in [5, 5.41) is 6.96. The summed E-state index contributed by atoms with van der Waals surface area (Å²) in [4.78, 5) is 41.0. The minimum absolute atomic E-state index is 0.0690. The Morgan fingerprint density at radius 1 is 1.03 bits per heavy atom. The van der Waals surface area contributed by atoms with Gasteiger partial charge in [0.2, 0.25) is 5.91 Å². The molecule has 0 radical (unpaired) electrons. The predicted molar refractivity (Wildman–Crippen MR) is 135 cm³/mol. The summed E-state index contributed by atoms with van der Waals surface area (Å²) in [5.74, 6) is -0.126. The average Bonchev–Trinajstić information content (AvgIpc) is 2.91. The lowest BCUT2D eigenvalue weighted by Crippen LogP contribution is -2.37. The Morgan fingerprint density at radius 3 is 2.47 bits per heavy atom. The predicted octanol–water partition coefficient (Wildman–Crippen LogP) is 1.87. The molecule has 0 aliphatic carbocycles. The number of nitrogens with zero attached hydrogens (tertiary/aromatic N) is 4. The number of aromatic nitrogens is 2. The van der Waals surface area contributed by atoms with Crippen LogP contribution in [0, 0.1) is 0 Å². The second-order valence-corrected chi connectivity index (χ2v) is 8.30. The first-order valence-corrected chi connectivity index (χ1v) is 11.7. The molecule has 0 saturated carbocycles. The van der Waals surface area contributed by atoms with E-state index in [2.05, 4.69) is 15.3 Å². The van der Waals surface area contributed by atoms with Crippen molar-refractivity contribution in [2.24, 2.45) is 0 Å². The number of carbonyl (C=O) groups is 2. The molecule has 0 spiro atoms. The molecule has 4 rings (SSSR count). The van der Waals surface area contributed by atoms with E-state index >= 15 is 0 Å². The van der Waals surface area contributed by atoms with Gasteiger partial charge in [0.15, 0.2) is 0 Å². The van der Waals surface area contributed by atoms with Crippen molar-refractivity contribution in [2.45, 2.75) is 6.54 Å². The lowest BCUT2D eigenvalue weighted by atomic mass is 10.2. The highest BCUT2D eigenvalue weighted by Gasteiger charge is 2.18. The normalized spacial score (nSPS) is 13.2. The van der Waals surface area contributed by atoms with Crippen LogP contribution in [0.5, 0.6) is 5.75 Å². The third kappa shape index (κ3) is 6.70. The van der Waals surface area contributed by atoms with Gasteiger partial charge in [0, 0.05) is 37.6 Å². The molecule has 2 amide bonds. The molecule has 1 aliphatic rings. The van der Waals surface area contributed by atoms with Gasteiger partial charge >= 0.3 is 0 Å². The number of hydrogen-bond acceptors (Lipinski definition) is 7. The molecule has 1 aliphatic heterocycles. The second-order valence-electron chi connectivity index (χ2n) is 8.30. The zero-order valence-corrected chi connectivity index (χ0v) is 20.1. The topological polar surface area (TPSA) is 106 Å². The van der Waals surface area contributed by atoms with E-state index in [4.69, 9.17) is 9.47 Å². The van der Waals surface area contributed by atoms with Gasteiger partial charge in [-0.1, -0.05) is 18.2 Å².